The minimum absolute atomic E-state index is 0.109. The maximum Gasteiger partial charge on any atom is 0.260 e. The molecule has 5 rings (SSSR count). The van der Waals surface area contributed by atoms with Gasteiger partial charge in [-0.2, -0.15) is 0 Å². The van der Waals surface area contributed by atoms with Crippen LogP contribution in [0.4, 0.5) is 0 Å². The standard InChI is InChI=1S/C23H23N3O3S2/c1-12-9-16(13(2)26(12)15-6-7-15)18(27)11-30-14(3)21-24-22(28)20-17(10-31-23(20)25-21)19-5-4-8-29-19/h4-5,8-10,14-15H,6-7,11H2,1-3H3,(H,24,25,28). The molecule has 0 amide bonds. The minimum atomic E-state index is -0.181. The van der Waals surface area contributed by atoms with Crippen LogP contribution in [0, 0.1) is 13.8 Å². The van der Waals surface area contributed by atoms with Gasteiger partial charge in [-0.05, 0) is 51.8 Å². The molecule has 0 radical (unpaired) electrons. The van der Waals surface area contributed by atoms with Gasteiger partial charge in [-0.15, -0.1) is 23.1 Å². The third kappa shape index (κ3) is 3.68. The Morgan fingerprint density at radius 2 is 2.23 bits per heavy atom. The van der Waals surface area contributed by atoms with Gasteiger partial charge in [0.25, 0.3) is 5.56 Å². The van der Waals surface area contributed by atoms with Crippen LogP contribution in [0.15, 0.2) is 39.1 Å². The van der Waals surface area contributed by atoms with Crippen molar-refractivity contribution >= 4 is 39.1 Å². The van der Waals surface area contributed by atoms with Crippen LogP contribution in [-0.2, 0) is 0 Å². The highest BCUT2D eigenvalue weighted by atomic mass is 32.2. The quantitative estimate of drug-likeness (QED) is 0.364. The smallest absolute Gasteiger partial charge is 0.260 e. The molecule has 4 aromatic heterocycles. The topological polar surface area (TPSA) is 80.9 Å². The molecule has 160 valence electrons. The number of aromatic nitrogens is 3. The van der Waals surface area contributed by atoms with E-state index in [2.05, 4.69) is 21.5 Å². The summed E-state index contributed by atoms with van der Waals surface area (Å²) in [5.41, 5.74) is 3.60. The summed E-state index contributed by atoms with van der Waals surface area (Å²) in [6.45, 7) is 6.07. The van der Waals surface area contributed by atoms with Crippen LogP contribution in [-0.4, -0.2) is 26.1 Å². The number of aryl methyl sites for hydroxylation is 1. The third-order valence-electron chi connectivity index (χ3n) is 5.80. The summed E-state index contributed by atoms with van der Waals surface area (Å²) in [6.07, 6.45) is 3.98. The van der Waals surface area contributed by atoms with Gasteiger partial charge < -0.3 is 14.0 Å². The number of Topliss-reactive ketones (excluding diaryl/α,β-unsaturated/α-hetero) is 1. The maximum atomic E-state index is 12.9. The summed E-state index contributed by atoms with van der Waals surface area (Å²) in [6, 6.07) is 6.20. The summed E-state index contributed by atoms with van der Waals surface area (Å²) < 4.78 is 7.74. The second kappa shape index (κ2) is 7.84. The molecule has 0 saturated heterocycles. The van der Waals surface area contributed by atoms with Crippen LogP contribution in [0.5, 0.6) is 0 Å². The molecule has 4 heterocycles. The number of furan rings is 1. The van der Waals surface area contributed by atoms with Crippen molar-refractivity contribution in [1.29, 1.82) is 0 Å². The van der Waals surface area contributed by atoms with Gasteiger partial charge in [0.1, 0.15) is 16.4 Å². The molecule has 1 N–H and O–H groups in total. The average Bonchev–Trinajstić information content (AvgIpc) is 3.15. The summed E-state index contributed by atoms with van der Waals surface area (Å²) in [5.74, 6) is 1.71. The molecule has 1 fully saturated rings. The van der Waals surface area contributed by atoms with Crippen molar-refractivity contribution in [3.05, 3.63) is 63.0 Å². The predicted octanol–water partition coefficient (Wildman–Crippen LogP) is 5.67. The van der Waals surface area contributed by atoms with Crippen molar-refractivity contribution in [2.24, 2.45) is 0 Å². The number of nitrogens with one attached hydrogen (secondary N) is 1. The van der Waals surface area contributed by atoms with Crippen LogP contribution >= 0.6 is 23.1 Å². The first-order chi connectivity index (χ1) is 14.9. The SMILES string of the molecule is Cc1cc(C(=O)CSC(C)c2nc3scc(-c4ccco4)c3c(=O)[nH]2)c(C)n1C1CC1. The predicted molar refractivity (Wildman–Crippen MR) is 125 cm³/mol. The Hall–Kier alpha value is -2.58. The number of aromatic amines is 1. The number of carbonyl (C=O) groups is 1. The molecule has 6 nitrogen and oxygen atoms in total. The van der Waals surface area contributed by atoms with E-state index in [0.717, 1.165) is 22.5 Å². The molecule has 1 aliphatic carbocycles. The number of thiophene rings is 1. The molecule has 1 aliphatic rings. The minimum Gasteiger partial charge on any atom is -0.464 e. The second-order valence-electron chi connectivity index (χ2n) is 8.02. The number of hydrogen-bond acceptors (Lipinski definition) is 6. The first-order valence-electron chi connectivity index (χ1n) is 10.3. The summed E-state index contributed by atoms with van der Waals surface area (Å²) in [4.78, 5) is 33.9. The zero-order chi connectivity index (χ0) is 21.7. The number of rotatable bonds is 7. The zero-order valence-electron chi connectivity index (χ0n) is 17.6. The molecule has 0 spiro atoms. The number of carbonyl (C=O) groups excluding carboxylic acids is 1. The Morgan fingerprint density at radius 3 is 2.94 bits per heavy atom. The number of fused-ring (bicyclic) bond motifs is 1. The first kappa shape index (κ1) is 20.3. The van der Waals surface area contributed by atoms with Crippen LogP contribution in [0.25, 0.3) is 21.5 Å². The van der Waals surface area contributed by atoms with E-state index >= 15 is 0 Å². The molecule has 1 saturated carbocycles. The summed E-state index contributed by atoms with van der Waals surface area (Å²) in [7, 11) is 0. The molecule has 1 atom stereocenters. The van der Waals surface area contributed by atoms with Gasteiger partial charge in [0.05, 0.1) is 22.7 Å². The highest BCUT2D eigenvalue weighted by molar-refractivity contribution is 8.00. The Morgan fingerprint density at radius 1 is 1.42 bits per heavy atom. The van der Waals surface area contributed by atoms with E-state index in [-0.39, 0.29) is 16.6 Å². The van der Waals surface area contributed by atoms with Crippen molar-refractivity contribution in [2.75, 3.05) is 5.75 Å². The van der Waals surface area contributed by atoms with Crippen LogP contribution in [0.2, 0.25) is 0 Å². The van der Waals surface area contributed by atoms with Crippen molar-refractivity contribution in [3.63, 3.8) is 0 Å². The molecular weight excluding hydrogens is 430 g/mol. The Balaban J connectivity index is 1.34. The second-order valence-corrected chi connectivity index (χ2v) is 10.2. The van der Waals surface area contributed by atoms with Gasteiger partial charge in [0.2, 0.25) is 0 Å². The van der Waals surface area contributed by atoms with Gasteiger partial charge in [0.15, 0.2) is 5.78 Å². The van der Waals surface area contributed by atoms with Crippen LogP contribution < -0.4 is 5.56 Å². The molecule has 4 aromatic rings. The van der Waals surface area contributed by atoms with Crippen molar-refractivity contribution < 1.29 is 9.21 Å². The lowest BCUT2D eigenvalue weighted by Gasteiger charge is -2.11. The number of ketones is 1. The van der Waals surface area contributed by atoms with Crippen LogP contribution in [0.1, 0.15) is 58.6 Å². The number of thioether (sulfide) groups is 1. The monoisotopic (exact) mass is 453 g/mol. The van der Waals surface area contributed by atoms with Gasteiger partial charge in [-0.25, -0.2) is 4.98 Å². The van der Waals surface area contributed by atoms with Gasteiger partial charge in [-0.3, -0.25) is 9.59 Å². The van der Waals surface area contributed by atoms with Gasteiger partial charge in [-0.1, -0.05) is 0 Å². The largest absolute Gasteiger partial charge is 0.464 e. The highest BCUT2D eigenvalue weighted by Gasteiger charge is 2.28. The van der Waals surface area contributed by atoms with E-state index in [1.54, 1.807) is 12.3 Å². The number of H-pyrrole nitrogens is 1. The Labute approximate surface area is 187 Å². The van der Waals surface area contributed by atoms with Crippen LogP contribution in [0.3, 0.4) is 0 Å². The molecular formula is C23H23N3O3S2. The molecule has 0 aromatic carbocycles. The van der Waals surface area contributed by atoms with E-state index in [4.69, 9.17) is 4.42 Å². The summed E-state index contributed by atoms with van der Waals surface area (Å²) in [5, 5.41) is 2.33. The lowest BCUT2D eigenvalue weighted by atomic mass is 10.2. The molecule has 0 aliphatic heterocycles. The van der Waals surface area contributed by atoms with Crippen molar-refractivity contribution in [3.8, 4) is 11.3 Å². The third-order valence-corrected chi connectivity index (χ3v) is 7.82. The van der Waals surface area contributed by atoms with E-state index < -0.39 is 0 Å². The molecule has 0 bridgehead atoms. The lowest BCUT2D eigenvalue weighted by Crippen LogP contribution is -2.13. The fourth-order valence-electron chi connectivity index (χ4n) is 4.08. The van der Waals surface area contributed by atoms with Crippen molar-refractivity contribution in [1.82, 2.24) is 14.5 Å². The highest BCUT2D eigenvalue weighted by Crippen LogP contribution is 2.39. The normalized spacial score (nSPS) is 14.9. The first-order valence-corrected chi connectivity index (χ1v) is 12.3. The van der Waals surface area contributed by atoms with E-state index in [1.807, 2.05) is 31.4 Å². The van der Waals surface area contributed by atoms with Gasteiger partial charge in [0, 0.05) is 33.9 Å². The van der Waals surface area contributed by atoms with E-state index in [1.165, 1.54) is 35.9 Å². The van der Waals surface area contributed by atoms with E-state index in [0.29, 0.717) is 33.6 Å². The Bertz CT molecular complexity index is 1330. The fourth-order valence-corrected chi connectivity index (χ4v) is 5.84. The number of nitrogens with zero attached hydrogens (tertiary/aromatic N) is 2. The fraction of sp³-hybridized carbons (Fsp3) is 0.348. The summed E-state index contributed by atoms with van der Waals surface area (Å²) >= 11 is 2.92. The lowest BCUT2D eigenvalue weighted by molar-refractivity contribution is 0.102. The zero-order valence-corrected chi connectivity index (χ0v) is 19.2. The van der Waals surface area contributed by atoms with E-state index in [9.17, 15) is 9.59 Å². The molecule has 31 heavy (non-hydrogen) atoms. The Kier molecular flexibility index (Phi) is 5.14. The van der Waals surface area contributed by atoms with Gasteiger partial charge >= 0.3 is 0 Å². The number of hydrogen-bond donors (Lipinski definition) is 1. The maximum absolute atomic E-state index is 12.9. The van der Waals surface area contributed by atoms with Crippen molar-refractivity contribution in [2.45, 2.75) is 44.9 Å². The average molecular weight is 454 g/mol. The molecule has 1 unspecified atom stereocenters. The molecule has 8 heteroatoms.